The van der Waals surface area contributed by atoms with E-state index in [1.54, 1.807) is 0 Å². The van der Waals surface area contributed by atoms with Crippen molar-refractivity contribution in [1.82, 2.24) is 0 Å². The van der Waals surface area contributed by atoms with Gasteiger partial charge in [0.25, 0.3) is 8.32 Å². The number of benzene rings is 2. The Balaban J connectivity index is 2.51. The van der Waals surface area contributed by atoms with Gasteiger partial charge in [0, 0.05) is 6.10 Å². The summed E-state index contributed by atoms with van der Waals surface area (Å²) in [6.07, 6.45) is 1.17. The Kier molecular flexibility index (Phi) is 7.29. The molecule has 2 rings (SSSR count). The average molecular weight is 411 g/mol. The summed E-state index contributed by atoms with van der Waals surface area (Å²) in [5.41, 5.74) is 3.97. The first kappa shape index (κ1) is 22.9. The molecule has 3 heteroatoms. The van der Waals surface area contributed by atoms with Crippen LogP contribution < -0.4 is 10.4 Å². The van der Waals surface area contributed by atoms with Crippen molar-refractivity contribution < 1.29 is 4.43 Å². The van der Waals surface area contributed by atoms with Crippen LogP contribution in [-0.4, -0.2) is 22.5 Å². The van der Waals surface area contributed by atoms with E-state index in [0.717, 1.165) is 6.42 Å². The molecule has 1 unspecified atom stereocenters. The van der Waals surface area contributed by atoms with Crippen LogP contribution in [0.4, 0.5) is 0 Å². The van der Waals surface area contributed by atoms with Crippen molar-refractivity contribution in [2.45, 2.75) is 71.8 Å². The highest BCUT2D eigenvalue weighted by atomic mass is 28.4. The van der Waals surface area contributed by atoms with Crippen LogP contribution in [0.5, 0.6) is 0 Å². The van der Waals surface area contributed by atoms with Crippen LogP contribution in [0.25, 0.3) is 0 Å². The van der Waals surface area contributed by atoms with Crippen LogP contribution in [0.1, 0.15) is 41.0 Å². The number of hydrogen-bond donors (Lipinski definition) is 0. The monoisotopic (exact) mass is 410 g/mol. The van der Waals surface area contributed by atoms with E-state index >= 15 is 0 Å². The van der Waals surface area contributed by atoms with Crippen LogP contribution >= 0.6 is 0 Å². The zero-order chi connectivity index (χ0) is 21.0. The van der Waals surface area contributed by atoms with E-state index in [0.29, 0.717) is 0 Å². The zero-order valence-electron chi connectivity index (χ0n) is 19.0. The molecule has 0 saturated heterocycles. The van der Waals surface area contributed by atoms with Gasteiger partial charge < -0.3 is 4.43 Å². The summed E-state index contributed by atoms with van der Waals surface area (Å²) in [7, 11) is -3.67. The molecule has 2 aromatic carbocycles. The van der Waals surface area contributed by atoms with E-state index in [-0.39, 0.29) is 11.1 Å². The minimum absolute atomic E-state index is 0.0281. The van der Waals surface area contributed by atoms with Gasteiger partial charge in [-0.05, 0) is 35.7 Å². The molecule has 0 aliphatic rings. The summed E-state index contributed by atoms with van der Waals surface area (Å²) in [6, 6.07) is 21.9. The van der Waals surface area contributed by atoms with Crippen LogP contribution in [-0.2, 0) is 4.43 Å². The molecule has 152 valence electrons. The zero-order valence-corrected chi connectivity index (χ0v) is 21.0. The SMILES string of the molecule is C/C(=C\[Si](C)(C)C)CC(C)O[Si](c1ccccc1)(c1ccccc1)C(C)(C)C. The first-order valence-electron chi connectivity index (χ1n) is 10.4. The van der Waals surface area contributed by atoms with Gasteiger partial charge in [-0.15, -0.1) is 0 Å². The van der Waals surface area contributed by atoms with Gasteiger partial charge in [0.15, 0.2) is 0 Å². The lowest BCUT2D eigenvalue weighted by molar-refractivity contribution is 0.206. The third-order valence-corrected chi connectivity index (χ3v) is 11.6. The van der Waals surface area contributed by atoms with Gasteiger partial charge in [0.2, 0.25) is 0 Å². The first-order valence-corrected chi connectivity index (χ1v) is 15.9. The summed E-state index contributed by atoms with van der Waals surface area (Å²) in [6.45, 7) is 18.7. The van der Waals surface area contributed by atoms with Crippen LogP contribution in [0.2, 0.25) is 24.7 Å². The Morgan fingerprint density at radius 1 is 0.893 bits per heavy atom. The Morgan fingerprint density at radius 2 is 1.32 bits per heavy atom. The molecule has 0 bridgehead atoms. The third kappa shape index (κ3) is 5.56. The third-order valence-electron chi connectivity index (χ3n) is 5.08. The minimum Gasteiger partial charge on any atom is -0.404 e. The van der Waals surface area contributed by atoms with Crippen molar-refractivity contribution in [3.05, 3.63) is 71.9 Å². The fourth-order valence-electron chi connectivity index (χ4n) is 4.29. The fraction of sp³-hybridized carbons (Fsp3) is 0.440. The molecule has 0 N–H and O–H groups in total. The highest BCUT2D eigenvalue weighted by Crippen LogP contribution is 2.38. The van der Waals surface area contributed by atoms with Gasteiger partial charge in [-0.3, -0.25) is 0 Å². The molecule has 0 amide bonds. The predicted octanol–water partition coefficient (Wildman–Crippen LogP) is 6.17. The maximum Gasteiger partial charge on any atom is 0.261 e. The second-order valence-electron chi connectivity index (χ2n) is 10.2. The van der Waals surface area contributed by atoms with Gasteiger partial charge in [-0.25, -0.2) is 0 Å². The summed E-state index contributed by atoms with van der Waals surface area (Å²) < 4.78 is 7.17. The predicted molar refractivity (Wildman–Crippen MR) is 130 cm³/mol. The molecule has 0 spiro atoms. The van der Waals surface area contributed by atoms with Crippen molar-refractivity contribution in [2.24, 2.45) is 0 Å². The topological polar surface area (TPSA) is 9.23 Å². The van der Waals surface area contributed by atoms with E-state index < -0.39 is 16.4 Å². The molecule has 0 aliphatic heterocycles. The molecule has 0 radical (unpaired) electrons. The van der Waals surface area contributed by atoms with Crippen molar-refractivity contribution >= 4 is 26.8 Å². The molecular weight excluding hydrogens is 372 g/mol. The van der Waals surface area contributed by atoms with Crippen LogP contribution in [0.15, 0.2) is 71.9 Å². The number of hydrogen-bond acceptors (Lipinski definition) is 1. The average Bonchev–Trinajstić information content (AvgIpc) is 2.58. The summed E-state index contributed by atoms with van der Waals surface area (Å²) in [5, 5.41) is 2.74. The van der Waals surface area contributed by atoms with Gasteiger partial charge in [-0.1, -0.05) is 112 Å². The highest BCUT2D eigenvalue weighted by Gasteiger charge is 2.50. The Labute approximate surface area is 175 Å². The van der Waals surface area contributed by atoms with Gasteiger partial charge >= 0.3 is 0 Å². The highest BCUT2D eigenvalue weighted by molar-refractivity contribution is 6.99. The maximum absolute atomic E-state index is 7.17. The van der Waals surface area contributed by atoms with E-state index in [4.69, 9.17) is 4.43 Å². The molecule has 0 aromatic heterocycles. The standard InChI is InChI=1S/C25H38OSi2/c1-21(20-27(6,7)8)19-22(2)26-28(25(3,4)5,23-15-11-9-12-16-23)24-17-13-10-14-18-24/h9-18,20,22H,19H2,1-8H3/b21-20+. The molecule has 28 heavy (non-hydrogen) atoms. The lowest BCUT2D eigenvalue weighted by Gasteiger charge is -2.44. The van der Waals surface area contributed by atoms with Gasteiger partial charge in [0.05, 0.1) is 8.07 Å². The quantitative estimate of drug-likeness (QED) is 0.496. The van der Waals surface area contributed by atoms with Crippen LogP contribution in [0, 0.1) is 0 Å². The van der Waals surface area contributed by atoms with E-state index in [2.05, 4.69) is 121 Å². The second-order valence-corrected chi connectivity index (χ2v) is 19.4. The van der Waals surface area contributed by atoms with E-state index in [1.165, 1.54) is 15.9 Å². The fourth-order valence-corrected chi connectivity index (χ4v) is 10.6. The lowest BCUT2D eigenvalue weighted by atomic mass is 10.2. The molecule has 0 saturated carbocycles. The molecule has 0 fully saturated rings. The second kappa shape index (κ2) is 8.94. The molecular formula is C25H38OSi2. The normalized spacial score (nSPS) is 14.8. The Hall–Kier alpha value is -1.43. The molecule has 2 aromatic rings. The van der Waals surface area contributed by atoms with E-state index in [9.17, 15) is 0 Å². The van der Waals surface area contributed by atoms with Crippen molar-refractivity contribution in [2.75, 3.05) is 0 Å². The van der Waals surface area contributed by atoms with Crippen molar-refractivity contribution in [1.29, 1.82) is 0 Å². The maximum atomic E-state index is 7.17. The minimum atomic E-state index is -2.45. The Morgan fingerprint density at radius 3 is 1.68 bits per heavy atom. The smallest absolute Gasteiger partial charge is 0.261 e. The molecule has 0 heterocycles. The summed E-state index contributed by atoms with van der Waals surface area (Å²) in [5.74, 6) is 0. The lowest BCUT2D eigenvalue weighted by Crippen LogP contribution is -2.67. The van der Waals surface area contributed by atoms with Gasteiger partial charge in [-0.2, -0.15) is 0 Å². The van der Waals surface area contributed by atoms with E-state index in [1.807, 2.05) is 0 Å². The largest absolute Gasteiger partial charge is 0.404 e. The number of rotatable bonds is 7. The Bertz CT molecular complexity index is 728. The summed E-state index contributed by atoms with van der Waals surface area (Å²) in [4.78, 5) is 0. The molecule has 1 nitrogen and oxygen atoms in total. The van der Waals surface area contributed by atoms with Gasteiger partial charge in [0.1, 0.15) is 0 Å². The summed E-state index contributed by atoms with van der Waals surface area (Å²) >= 11 is 0. The van der Waals surface area contributed by atoms with Crippen molar-refractivity contribution in [3.8, 4) is 0 Å². The van der Waals surface area contributed by atoms with Crippen LogP contribution in [0.3, 0.4) is 0 Å². The van der Waals surface area contributed by atoms with Crippen molar-refractivity contribution in [3.63, 3.8) is 0 Å². The first-order chi connectivity index (χ1) is 13.0. The molecule has 1 atom stereocenters. The molecule has 0 aliphatic carbocycles.